The molecule has 1 fully saturated rings. The molecule has 2 aromatic carbocycles. The molecule has 0 saturated carbocycles. The molecule has 39 heavy (non-hydrogen) atoms. The van der Waals surface area contributed by atoms with Crippen LogP contribution in [0.1, 0.15) is 34.7 Å². The molecule has 9 nitrogen and oxygen atoms in total. The van der Waals surface area contributed by atoms with E-state index in [9.17, 15) is 14.0 Å². The van der Waals surface area contributed by atoms with Gasteiger partial charge in [-0.15, -0.1) is 16.4 Å². The molecule has 198 valence electrons. The fraction of sp³-hybridized carbons (Fsp3) is 0.222. The third-order valence-corrected chi connectivity index (χ3v) is 8.04. The molecule has 0 N–H and O–H groups in total. The van der Waals surface area contributed by atoms with E-state index in [0.717, 1.165) is 11.0 Å². The van der Waals surface area contributed by atoms with E-state index in [1.807, 2.05) is 37.3 Å². The van der Waals surface area contributed by atoms with Crippen LogP contribution in [0.25, 0.3) is 21.7 Å². The van der Waals surface area contributed by atoms with Gasteiger partial charge in [-0.1, -0.05) is 45.4 Å². The van der Waals surface area contributed by atoms with Gasteiger partial charge in [-0.05, 0) is 31.2 Å². The second-order valence-electron chi connectivity index (χ2n) is 9.26. The van der Waals surface area contributed by atoms with Crippen LogP contribution in [-0.4, -0.2) is 61.2 Å². The van der Waals surface area contributed by atoms with Gasteiger partial charge in [-0.25, -0.2) is 14.1 Å². The Bertz CT molecular complexity index is 1660. The zero-order valence-electron chi connectivity index (χ0n) is 20.8. The van der Waals surface area contributed by atoms with E-state index in [4.69, 9.17) is 4.42 Å². The summed E-state index contributed by atoms with van der Waals surface area (Å²) in [4.78, 5) is 33.6. The summed E-state index contributed by atoms with van der Waals surface area (Å²) in [7, 11) is 0. The molecule has 1 atom stereocenters. The number of carbonyl (C=O) groups is 2. The number of para-hydroxylation sites is 1. The van der Waals surface area contributed by atoms with Crippen molar-refractivity contribution < 1.29 is 18.4 Å². The van der Waals surface area contributed by atoms with Gasteiger partial charge in [-0.3, -0.25) is 9.59 Å². The number of hydrogen-bond donors (Lipinski definition) is 0. The Balaban J connectivity index is 1.08. The molecule has 0 bridgehead atoms. The summed E-state index contributed by atoms with van der Waals surface area (Å²) in [5.74, 6) is -0.220. The molecule has 1 aliphatic rings. The van der Waals surface area contributed by atoms with E-state index < -0.39 is 0 Å². The van der Waals surface area contributed by atoms with Crippen molar-refractivity contribution in [3.05, 3.63) is 87.3 Å². The van der Waals surface area contributed by atoms with Crippen molar-refractivity contribution in [2.24, 2.45) is 0 Å². The Labute approximate surface area is 235 Å². The zero-order valence-corrected chi connectivity index (χ0v) is 23.2. The minimum atomic E-state index is -0.368. The van der Waals surface area contributed by atoms with E-state index in [1.165, 1.54) is 22.3 Å². The lowest BCUT2D eigenvalue weighted by Gasteiger charge is -2.33. The van der Waals surface area contributed by atoms with Crippen LogP contribution in [0.4, 0.5) is 4.39 Å². The fourth-order valence-electron chi connectivity index (χ4n) is 4.54. The predicted molar refractivity (Wildman–Crippen MR) is 147 cm³/mol. The molecule has 0 aliphatic carbocycles. The summed E-state index contributed by atoms with van der Waals surface area (Å²) in [6.07, 6.45) is 1.71. The van der Waals surface area contributed by atoms with Gasteiger partial charge in [0, 0.05) is 33.9 Å². The van der Waals surface area contributed by atoms with Gasteiger partial charge in [0.15, 0.2) is 10.8 Å². The smallest absolute Gasteiger partial charge is 0.273 e. The van der Waals surface area contributed by atoms with Crippen molar-refractivity contribution in [3.63, 3.8) is 0 Å². The Hall–Kier alpha value is -3.90. The fourth-order valence-corrected chi connectivity index (χ4v) is 5.61. The Morgan fingerprint density at radius 3 is 2.85 bits per heavy atom. The quantitative estimate of drug-likeness (QED) is 0.265. The standard InChI is InChI=1S/C27H22BrFN6O3S/c1-16(20-7-6-18(28)11-21(20)29)35-13-19(31-32-35)12-33-8-9-34(14-25(33)36)27(37)22-15-39-26(30-22)24-10-17-4-2-3-5-23(17)38-24/h2-7,10-11,13,15-16H,8-9,12,14H2,1H3/t16-/m1/s1. The average Bonchev–Trinajstić information content (AvgIpc) is 3.68. The Morgan fingerprint density at radius 2 is 2.05 bits per heavy atom. The monoisotopic (exact) mass is 608 g/mol. The molecule has 1 aliphatic heterocycles. The zero-order chi connectivity index (χ0) is 27.1. The maximum absolute atomic E-state index is 14.4. The van der Waals surface area contributed by atoms with Crippen LogP contribution in [0.15, 0.2) is 69.0 Å². The summed E-state index contributed by atoms with van der Waals surface area (Å²) >= 11 is 4.59. The largest absolute Gasteiger partial charge is 0.454 e. The van der Waals surface area contributed by atoms with Crippen molar-refractivity contribution in [1.82, 2.24) is 29.8 Å². The Kier molecular flexibility index (Phi) is 6.73. The number of thiazole rings is 1. The lowest BCUT2D eigenvalue weighted by atomic mass is 10.1. The van der Waals surface area contributed by atoms with Crippen LogP contribution >= 0.6 is 27.3 Å². The van der Waals surface area contributed by atoms with Crippen LogP contribution in [-0.2, 0) is 11.3 Å². The summed E-state index contributed by atoms with van der Waals surface area (Å²) in [6.45, 7) is 2.76. The van der Waals surface area contributed by atoms with Crippen molar-refractivity contribution in [1.29, 1.82) is 0 Å². The van der Waals surface area contributed by atoms with Gasteiger partial charge in [-0.2, -0.15) is 0 Å². The molecular weight excluding hydrogens is 587 g/mol. The van der Waals surface area contributed by atoms with Crippen LogP contribution < -0.4 is 0 Å². The number of furan rings is 1. The topological polar surface area (TPSA) is 97.4 Å². The minimum Gasteiger partial charge on any atom is -0.454 e. The maximum Gasteiger partial charge on any atom is 0.273 e. The molecule has 4 heterocycles. The number of amides is 2. The van der Waals surface area contributed by atoms with Crippen LogP contribution in [0.3, 0.4) is 0 Å². The summed E-state index contributed by atoms with van der Waals surface area (Å²) in [6, 6.07) is 14.1. The molecule has 0 radical (unpaired) electrons. The minimum absolute atomic E-state index is 0.0506. The van der Waals surface area contributed by atoms with Gasteiger partial charge in [0.05, 0.1) is 18.8 Å². The van der Waals surface area contributed by atoms with E-state index in [2.05, 4.69) is 31.2 Å². The normalized spacial score (nSPS) is 14.8. The summed E-state index contributed by atoms with van der Waals surface area (Å²) in [5, 5.41) is 11.6. The second-order valence-corrected chi connectivity index (χ2v) is 11.0. The number of halogens is 2. The predicted octanol–water partition coefficient (Wildman–Crippen LogP) is 5.14. The highest BCUT2D eigenvalue weighted by molar-refractivity contribution is 9.10. The number of aromatic nitrogens is 4. The van der Waals surface area contributed by atoms with Crippen molar-refractivity contribution in [2.45, 2.75) is 19.5 Å². The first-order valence-electron chi connectivity index (χ1n) is 12.2. The molecule has 5 aromatic rings. The van der Waals surface area contributed by atoms with Crippen molar-refractivity contribution >= 4 is 50.1 Å². The lowest BCUT2D eigenvalue weighted by Crippen LogP contribution is -2.51. The SMILES string of the molecule is C[C@H](c1ccc(Br)cc1F)n1cc(CN2CCN(C(=O)c3csc(-c4cc5ccccc5o4)n3)CC2=O)nn1. The molecule has 2 amide bonds. The number of benzene rings is 2. The van der Waals surface area contributed by atoms with Crippen molar-refractivity contribution in [3.8, 4) is 10.8 Å². The molecule has 1 saturated heterocycles. The molecule has 12 heteroatoms. The van der Waals surface area contributed by atoms with Gasteiger partial charge in [0.25, 0.3) is 5.91 Å². The van der Waals surface area contributed by atoms with Gasteiger partial charge in [0.1, 0.15) is 29.3 Å². The van der Waals surface area contributed by atoms with Crippen LogP contribution in [0.2, 0.25) is 0 Å². The lowest BCUT2D eigenvalue weighted by molar-refractivity contribution is -0.135. The number of piperazine rings is 1. The van der Waals surface area contributed by atoms with Gasteiger partial charge in [0.2, 0.25) is 5.91 Å². The first-order valence-corrected chi connectivity index (χ1v) is 13.9. The maximum atomic E-state index is 14.4. The van der Waals surface area contributed by atoms with Crippen LogP contribution in [0, 0.1) is 5.82 Å². The summed E-state index contributed by atoms with van der Waals surface area (Å²) in [5.41, 5.74) is 2.12. The third kappa shape index (κ3) is 5.09. The molecule has 6 rings (SSSR count). The Morgan fingerprint density at radius 1 is 1.21 bits per heavy atom. The molecule has 0 unspecified atom stereocenters. The summed E-state index contributed by atoms with van der Waals surface area (Å²) < 4.78 is 22.5. The molecule has 0 spiro atoms. The van der Waals surface area contributed by atoms with Crippen molar-refractivity contribution in [2.75, 3.05) is 19.6 Å². The highest BCUT2D eigenvalue weighted by atomic mass is 79.9. The number of hydrogen-bond acceptors (Lipinski definition) is 7. The van der Waals surface area contributed by atoms with E-state index in [-0.39, 0.29) is 42.5 Å². The number of nitrogens with zero attached hydrogens (tertiary/aromatic N) is 6. The van der Waals surface area contributed by atoms with E-state index in [0.29, 0.717) is 39.6 Å². The van der Waals surface area contributed by atoms with E-state index >= 15 is 0 Å². The molecular formula is C27H22BrFN6O3S. The average molecular weight is 609 g/mol. The van der Waals surface area contributed by atoms with Gasteiger partial charge < -0.3 is 14.2 Å². The number of carbonyl (C=O) groups excluding carboxylic acids is 2. The number of rotatable bonds is 6. The second kappa shape index (κ2) is 10.3. The van der Waals surface area contributed by atoms with Crippen LogP contribution in [0.5, 0.6) is 0 Å². The first kappa shape index (κ1) is 25.4. The molecule has 3 aromatic heterocycles. The first-order chi connectivity index (χ1) is 18.9. The van der Waals surface area contributed by atoms with E-state index in [1.54, 1.807) is 33.3 Å². The number of fused-ring (bicyclic) bond motifs is 1. The van der Waals surface area contributed by atoms with Gasteiger partial charge >= 0.3 is 0 Å². The highest BCUT2D eigenvalue weighted by Crippen LogP contribution is 2.30. The third-order valence-electron chi connectivity index (χ3n) is 6.69. The highest BCUT2D eigenvalue weighted by Gasteiger charge is 2.30.